The van der Waals surface area contributed by atoms with Gasteiger partial charge in [0.1, 0.15) is 16.3 Å². The molecule has 0 aliphatic rings. The Morgan fingerprint density at radius 3 is 2.21 bits per heavy atom. The Morgan fingerprint density at radius 2 is 1.64 bits per heavy atom. The number of amides is 1. The third-order valence-corrected chi connectivity index (χ3v) is 6.18. The first-order valence-electron chi connectivity index (χ1n) is 11.1. The zero-order valence-corrected chi connectivity index (χ0v) is 20.7. The Labute approximate surface area is 199 Å². The average Bonchev–Trinajstić information content (AvgIpc) is 3.21. The summed E-state index contributed by atoms with van der Waals surface area (Å²) in [4.78, 5) is 25.3. The molecule has 0 aliphatic heterocycles. The fourth-order valence-electron chi connectivity index (χ4n) is 3.35. The van der Waals surface area contributed by atoms with E-state index in [9.17, 15) is 9.59 Å². The first-order chi connectivity index (χ1) is 15.7. The van der Waals surface area contributed by atoms with Crippen molar-refractivity contribution in [1.29, 1.82) is 0 Å². The van der Waals surface area contributed by atoms with Gasteiger partial charge >= 0.3 is 5.97 Å². The van der Waals surface area contributed by atoms with Crippen LogP contribution in [0.15, 0.2) is 53.9 Å². The average molecular weight is 466 g/mol. The van der Waals surface area contributed by atoms with Gasteiger partial charge in [0.15, 0.2) is 6.61 Å². The summed E-state index contributed by atoms with van der Waals surface area (Å²) in [5.41, 5.74) is 4.48. The molecular formula is C27H31NO4S. The molecule has 6 heteroatoms. The van der Waals surface area contributed by atoms with Gasteiger partial charge in [-0.15, -0.1) is 11.3 Å². The lowest BCUT2D eigenvalue weighted by Gasteiger charge is -2.19. The minimum atomic E-state index is -0.456. The minimum Gasteiger partial charge on any atom is -0.484 e. The highest BCUT2D eigenvalue weighted by molar-refractivity contribution is 7.15. The molecule has 0 unspecified atom stereocenters. The van der Waals surface area contributed by atoms with Gasteiger partial charge in [-0.1, -0.05) is 64.1 Å². The molecule has 33 heavy (non-hydrogen) atoms. The molecule has 0 bridgehead atoms. The van der Waals surface area contributed by atoms with E-state index in [2.05, 4.69) is 33.0 Å². The number of hydrogen-bond donors (Lipinski definition) is 1. The largest absolute Gasteiger partial charge is 0.484 e. The standard InChI is InChI=1S/C27H31NO4S/c1-6-18-8-10-19(11-9-18)22-17-33-25(24(22)26(30)31-7-2)28-23(29)16-32-21-14-12-20(13-15-21)27(3,4)5/h8-15,17H,6-7,16H2,1-5H3,(H,28,29). The van der Waals surface area contributed by atoms with E-state index in [4.69, 9.17) is 9.47 Å². The lowest BCUT2D eigenvalue weighted by molar-refractivity contribution is -0.118. The quantitative estimate of drug-likeness (QED) is 0.387. The molecule has 1 amide bonds. The molecule has 5 nitrogen and oxygen atoms in total. The summed E-state index contributed by atoms with van der Waals surface area (Å²) in [5.74, 6) is -0.177. The lowest BCUT2D eigenvalue weighted by Crippen LogP contribution is -2.21. The fraction of sp³-hybridized carbons (Fsp3) is 0.333. The highest BCUT2D eigenvalue weighted by Crippen LogP contribution is 2.36. The number of nitrogens with one attached hydrogen (secondary N) is 1. The number of carbonyl (C=O) groups excluding carboxylic acids is 2. The van der Waals surface area contributed by atoms with Gasteiger partial charge in [0, 0.05) is 10.9 Å². The van der Waals surface area contributed by atoms with Gasteiger partial charge in [-0.2, -0.15) is 0 Å². The van der Waals surface area contributed by atoms with Crippen LogP contribution in [0.25, 0.3) is 11.1 Å². The number of carbonyl (C=O) groups is 2. The Bertz CT molecular complexity index is 1090. The predicted molar refractivity (Wildman–Crippen MR) is 134 cm³/mol. The molecule has 1 aromatic heterocycles. The van der Waals surface area contributed by atoms with E-state index in [0.29, 0.717) is 16.3 Å². The van der Waals surface area contributed by atoms with E-state index in [0.717, 1.165) is 17.5 Å². The molecule has 0 aliphatic carbocycles. The topological polar surface area (TPSA) is 64.6 Å². The van der Waals surface area contributed by atoms with Gasteiger partial charge in [-0.3, -0.25) is 4.79 Å². The Balaban J connectivity index is 1.74. The summed E-state index contributed by atoms with van der Waals surface area (Å²) in [7, 11) is 0. The van der Waals surface area contributed by atoms with Crippen LogP contribution < -0.4 is 10.1 Å². The summed E-state index contributed by atoms with van der Waals surface area (Å²) in [5, 5.41) is 5.15. The van der Waals surface area contributed by atoms with E-state index in [1.807, 2.05) is 53.9 Å². The summed E-state index contributed by atoms with van der Waals surface area (Å²) in [6.07, 6.45) is 0.939. The maximum absolute atomic E-state index is 12.7. The van der Waals surface area contributed by atoms with Crippen molar-refractivity contribution >= 4 is 28.2 Å². The van der Waals surface area contributed by atoms with Crippen molar-refractivity contribution in [2.75, 3.05) is 18.5 Å². The second-order valence-electron chi connectivity index (χ2n) is 8.74. The van der Waals surface area contributed by atoms with Crippen molar-refractivity contribution in [3.05, 3.63) is 70.6 Å². The number of thiophene rings is 1. The van der Waals surface area contributed by atoms with Gasteiger partial charge in [-0.05, 0) is 47.6 Å². The van der Waals surface area contributed by atoms with Crippen LogP contribution in [0.2, 0.25) is 0 Å². The van der Waals surface area contributed by atoms with Gasteiger partial charge in [0.25, 0.3) is 5.91 Å². The summed E-state index contributed by atoms with van der Waals surface area (Å²) in [6.45, 7) is 10.4. The lowest BCUT2D eigenvalue weighted by atomic mass is 9.87. The predicted octanol–water partition coefficient (Wildman–Crippen LogP) is 6.47. The Morgan fingerprint density at radius 1 is 0.970 bits per heavy atom. The summed E-state index contributed by atoms with van der Waals surface area (Å²) >= 11 is 1.30. The first-order valence-corrected chi connectivity index (χ1v) is 12.0. The molecule has 0 fully saturated rings. The maximum Gasteiger partial charge on any atom is 0.341 e. The van der Waals surface area contributed by atoms with E-state index >= 15 is 0 Å². The normalized spacial score (nSPS) is 11.2. The van der Waals surface area contributed by atoms with Crippen LogP contribution in [0, 0.1) is 0 Å². The molecule has 0 radical (unpaired) electrons. The molecule has 2 aromatic carbocycles. The zero-order valence-electron chi connectivity index (χ0n) is 19.9. The summed E-state index contributed by atoms with van der Waals surface area (Å²) in [6, 6.07) is 15.8. The van der Waals surface area contributed by atoms with Crippen LogP contribution in [0.4, 0.5) is 5.00 Å². The number of ether oxygens (including phenoxy) is 2. The van der Waals surface area contributed by atoms with Crippen LogP contribution in [0.3, 0.4) is 0 Å². The van der Waals surface area contributed by atoms with Crippen LogP contribution in [-0.4, -0.2) is 25.1 Å². The molecule has 174 valence electrons. The van der Waals surface area contributed by atoms with Crippen molar-refractivity contribution in [1.82, 2.24) is 0 Å². The molecule has 3 rings (SSSR count). The monoisotopic (exact) mass is 465 g/mol. The molecule has 3 aromatic rings. The van der Waals surface area contributed by atoms with Crippen molar-refractivity contribution in [2.24, 2.45) is 0 Å². The van der Waals surface area contributed by atoms with Crippen LogP contribution in [-0.2, 0) is 21.4 Å². The maximum atomic E-state index is 12.7. The van der Waals surface area contributed by atoms with E-state index in [-0.39, 0.29) is 24.5 Å². The summed E-state index contributed by atoms with van der Waals surface area (Å²) < 4.78 is 10.9. The van der Waals surface area contributed by atoms with Crippen LogP contribution in [0.1, 0.15) is 56.1 Å². The minimum absolute atomic E-state index is 0.0488. The molecule has 1 heterocycles. The van der Waals surface area contributed by atoms with Crippen LogP contribution >= 0.6 is 11.3 Å². The number of benzene rings is 2. The van der Waals surface area contributed by atoms with Crippen molar-refractivity contribution in [3.8, 4) is 16.9 Å². The van der Waals surface area contributed by atoms with Crippen molar-refractivity contribution in [2.45, 2.75) is 46.5 Å². The van der Waals surface area contributed by atoms with Crippen LogP contribution in [0.5, 0.6) is 5.75 Å². The molecule has 0 spiro atoms. The molecule has 1 N–H and O–H groups in total. The third kappa shape index (κ3) is 6.23. The Kier molecular flexibility index (Phi) is 7.92. The molecular weight excluding hydrogens is 434 g/mol. The van der Waals surface area contributed by atoms with E-state index in [1.165, 1.54) is 22.5 Å². The van der Waals surface area contributed by atoms with E-state index in [1.54, 1.807) is 6.92 Å². The zero-order chi connectivity index (χ0) is 24.0. The van der Waals surface area contributed by atoms with Crippen molar-refractivity contribution < 1.29 is 19.1 Å². The molecule has 0 atom stereocenters. The number of aryl methyl sites for hydroxylation is 1. The van der Waals surface area contributed by atoms with Gasteiger partial charge in [0.2, 0.25) is 0 Å². The second kappa shape index (κ2) is 10.7. The first kappa shape index (κ1) is 24.5. The van der Waals surface area contributed by atoms with Crippen molar-refractivity contribution in [3.63, 3.8) is 0 Å². The SMILES string of the molecule is CCOC(=O)c1c(-c2ccc(CC)cc2)csc1NC(=O)COc1ccc(C(C)(C)C)cc1. The highest BCUT2D eigenvalue weighted by atomic mass is 32.1. The second-order valence-corrected chi connectivity index (χ2v) is 9.62. The fourth-order valence-corrected chi connectivity index (χ4v) is 4.32. The third-order valence-electron chi connectivity index (χ3n) is 5.29. The number of rotatable bonds is 8. The number of hydrogen-bond acceptors (Lipinski definition) is 5. The smallest absolute Gasteiger partial charge is 0.341 e. The van der Waals surface area contributed by atoms with Gasteiger partial charge < -0.3 is 14.8 Å². The van der Waals surface area contributed by atoms with Gasteiger partial charge in [-0.25, -0.2) is 4.79 Å². The Hall–Kier alpha value is -3.12. The highest BCUT2D eigenvalue weighted by Gasteiger charge is 2.23. The van der Waals surface area contributed by atoms with E-state index < -0.39 is 5.97 Å². The molecule has 0 saturated heterocycles. The molecule has 0 saturated carbocycles. The van der Waals surface area contributed by atoms with Gasteiger partial charge in [0.05, 0.1) is 6.61 Å². The number of anilines is 1. The number of esters is 1.